The number of oxazole rings is 1. The quantitative estimate of drug-likeness (QED) is 0.724. The van der Waals surface area contributed by atoms with Crippen molar-refractivity contribution in [3.8, 4) is 0 Å². The first-order valence-corrected chi connectivity index (χ1v) is 9.06. The minimum absolute atomic E-state index is 0.00395. The second-order valence-corrected chi connectivity index (χ2v) is 6.54. The summed E-state index contributed by atoms with van der Waals surface area (Å²) in [6.07, 6.45) is 3.58. The van der Waals surface area contributed by atoms with E-state index >= 15 is 0 Å². The van der Waals surface area contributed by atoms with Crippen LogP contribution in [0.2, 0.25) is 0 Å². The van der Waals surface area contributed by atoms with Gasteiger partial charge in [0.25, 0.3) is 5.89 Å². The van der Waals surface area contributed by atoms with Crippen LogP contribution < -0.4 is 11.1 Å². The van der Waals surface area contributed by atoms with E-state index in [9.17, 15) is 9.18 Å². The van der Waals surface area contributed by atoms with E-state index in [1.807, 2.05) is 12.1 Å². The van der Waals surface area contributed by atoms with Crippen molar-refractivity contribution in [1.29, 1.82) is 0 Å². The molecule has 6 nitrogen and oxygen atoms in total. The molecule has 1 aromatic heterocycles. The lowest BCUT2D eigenvalue weighted by atomic mass is 9.88. The van der Waals surface area contributed by atoms with Crippen molar-refractivity contribution in [3.05, 3.63) is 72.0 Å². The molecule has 1 aliphatic rings. The summed E-state index contributed by atoms with van der Waals surface area (Å²) < 4.78 is 19.5. The fourth-order valence-corrected chi connectivity index (χ4v) is 3.33. The van der Waals surface area contributed by atoms with Crippen molar-refractivity contribution in [1.82, 2.24) is 10.3 Å². The van der Waals surface area contributed by atoms with Crippen LogP contribution in [0.4, 0.5) is 10.1 Å². The Labute approximate surface area is 161 Å². The van der Waals surface area contributed by atoms with Gasteiger partial charge in [-0.1, -0.05) is 24.3 Å². The van der Waals surface area contributed by atoms with Gasteiger partial charge in [0.2, 0.25) is 0 Å². The van der Waals surface area contributed by atoms with Crippen LogP contribution in [0, 0.1) is 5.82 Å². The van der Waals surface area contributed by atoms with Crippen LogP contribution in [0.1, 0.15) is 29.9 Å². The zero-order valence-electron chi connectivity index (χ0n) is 15.1. The lowest BCUT2D eigenvalue weighted by molar-refractivity contribution is 0.0908. The minimum atomic E-state index is -0.423. The van der Waals surface area contributed by atoms with Crippen molar-refractivity contribution in [2.45, 2.75) is 25.3 Å². The first kappa shape index (κ1) is 17.9. The second-order valence-electron chi connectivity index (χ2n) is 6.54. The van der Waals surface area contributed by atoms with Crippen LogP contribution in [0.25, 0.3) is 11.1 Å². The Morgan fingerprint density at radius 1 is 1.25 bits per heavy atom. The molecule has 1 amide bonds. The smallest absolute Gasteiger partial charge is 0.307 e. The number of nitrogens with two attached hydrogens (primary N) is 1. The molecule has 1 heterocycles. The molecule has 0 saturated heterocycles. The van der Waals surface area contributed by atoms with Gasteiger partial charge in [-0.3, -0.25) is 4.79 Å². The monoisotopic (exact) mass is 378 g/mol. The highest BCUT2D eigenvalue weighted by Gasteiger charge is 2.27. The molecular weight excluding hydrogens is 359 g/mol. The molecule has 0 aliphatic heterocycles. The van der Waals surface area contributed by atoms with Gasteiger partial charge in [0.15, 0.2) is 5.58 Å². The zero-order chi connectivity index (χ0) is 19.5. The number of fused-ring (bicyclic) bond motifs is 1. The molecule has 4 rings (SSSR count). The van der Waals surface area contributed by atoms with E-state index in [-0.39, 0.29) is 17.6 Å². The Hall–Kier alpha value is -3.48. The maximum atomic E-state index is 14.0. The van der Waals surface area contributed by atoms with Crippen LogP contribution in [0.3, 0.4) is 0 Å². The molecular formula is C21H19FN4O2. The molecule has 142 valence electrons. The molecule has 28 heavy (non-hydrogen) atoms. The van der Waals surface area contributed by atoms with E-state index in [1.165, 1.54) is 12.3 Å². The Balaban J connectivity index is 1.57. The van der Waals surface area contributed by atoms with Crippen molar-refractivity contribution in [2.75, 3.05) is 0 Å². The molecule has 7 heteroatoms. The first-order valence-electron chi connectivity index (χ1n) is 9.06. The van der Waals surface area contributed by atoms with E-state index in [0.29, 0.717) is 35.2 Å². The largest absolute Gasteiger partial charge is 0.432 e. The van der Waals surface area contributed by atoms with Crippen LogP contribution in [0.5, 0.6) is 0 Å². The molecule has 0 radical (unpaired) electrons. The van der Waals surface area contributed by atoms with Gasteiger partial charge in [0, 0.05) is 17.5 Å². The first-order chi connectivity index (χ1) is 13.7. The Kier molecular flexibility index (Phi) is 4.89. The standard InChI is InChI=1S/C21H19FN4O2/c22-14-6-1-2-7-17(14)24-15-9-5-10-16(13(15)12-23)25-20(27)21-26-18-8-3-4-11-19(18)28-21/h1-4,6-8,11-12,16H,5,9-10,23H2,(H,25,27). The van der Waals surface area contributed by atoms with E-state index < -0.39 is 11.7 Å². The number of amides is 1. The maximum absolute atomic E-state index is 14.0. The number of hydrogen-bond acceptors (Lipinski definition) is 5. The van der Waals surface area contributed by atoms with Crippen molar-refractivity contribution >= 4 is 28.4 Å². The number of para-hydroxylation sites is 3. The second kappa shape index (κ2) is 7.64. The summed E-state index contributed by atoms with van der Waals surface area (Å²) in [5.41, 5.74) is 8.59. The van der Waals surface area contributed by atoms with E-state index in [4.69, 9.17) is 10.2 Å². The molecule has 1 aliphatic carbocycles. The summed E-state index contributed by atoms with van der Waals surface area (Å²) in [5, 5.41) is 2.91. The predicted molar refractivity (Wildman–Crippen MR) is 105 cm³/mol. The highest BCUT2D eigenvalue weighted by Crippen LogP contribution is 2.26. The lowest BCUT2D eigenvalue weighted by Gasteiger charge is -2.27. The Morgan fingerprint density at radius 3 is 2.82 bits per heavy atom. The summed E-state index contributed by atoms with van der Waals surface area (Å²) in [6, 6.07) is 13.1. The molecule has 3 N–H and O–H groups in total. The highest BCUT2D eigenvalue weighted by atomic mass is 19.1. The van der Waals surface area contributed by atoms with Crippen LogP contribution in [-0.2, 0) is 0 Å². The van der Waals surface area contributed by atoms with Gasteiger partial charge in [-0.2, -0.15) is 0 Å². The average Bonchev–Trinajstić information content (AvgIpc) is 3.14. The van der Waals surface area contributed by atoms with Gasteiger partial charge in [-0.25, -0.2) is 14.4 Å². The number of carbonyl (C=O) groups excluding carboxylic acids is 1. The van der Waals surface area contributed by atoms with Crippen molar-refractivity contribution in [2.24, 2.45) is 10.7 Å². The minimum Gasteiger partial charge on any atom is -0.432 e. The normalized spacial score (nSPS) is 20.0. The number of halogens is 1. The third-order valence-corrected chi connectivity index (χ3v) is 4.70. The molecule has 2 aromatic carbocycles. The lowest BCUT2D eigenvalue weighted by Crippen LogP contribution is -2.41. The number of rotatable bonds is 3. The highest BCUT2D eigenvalue weighted by molar-refractivity contribution is 6.04. The number of benzene rings is 2. The number of aliphatic imine (C=N–C) groups is 1. The van der Waals surface area contributed by atoms with Gasteiger partial charge < -0.3 is 15.5 Å². The van der Waals surface area contributed by atoms with Crippen LogP contribution in [-0.4, -0.2) is 22.6 Å². The van der Waals surface area contributed by atoms with Crippen molar-refractivity contribution in [3.63, 3.8) is 0 Å². The summed E-state index contributed by atoms with van der Waals surface area (Å²) in [5.74, 6) is -0.826. The average molecular weight is 378 g/mol. The predicted octanol–water partition coefficient (Wildman–Crippen LogP) is 3.86. The summed E-state index contributed by atoms with van der Waals surface area (Å²) in [4.78, 5) is 21.3. The molecule has 1 atom stereocenters. The molecule has 1 fully saturated rings. The third kappa shape index (κ3) is 3.51. The maximum Gasteiger partial charge on any atom is 0.307 e. The van der Waals surface area contributed by atoms with Crippen LogP contribution in [0.15, 0.2) is 69.7 Å². The Bertz CT molecular complexity index is 1050. The fraction of sp³-hybridized carbons (Fsp3) is 0.190. The molecule has 0 spiro atoms. The summed E-state index contributed by atoms with van der Waals surface area (Å²) in [6.45, 7) is 0. The summed E-state index contributed by atoms with van der Waals surface area (Å²) >= 11 is 0. The topological polar surface area (TPSA) is 93.5 Å². The third-order valence-electron chi connectivity index (χ3n) is 4.70. The molecule has 0 bridgehead atoms. The zero-order valence-corrected chi connectivity index (χ0v) is 15.1. The van der Waals surface area contributed by atoms with E-state index in [0.717, 1.165) is 6.42 Å². The van der Waals surface area contributed by atoms with Gasteiger partial charge >= 0.3 is 5.91 Å². The number of nitrogens with one attached hydrogen (secondary N) is 1. The molecule has 3 aromatic rings. The van der Waals surface area contributed by atoms with Crippen LogP contribution >= 0.6 is 0 Å². The molecule has 1 saturated carbocycles. The SMILES string of the molecule is NC=C1C(=Nc2ccccc2F)CCCC1NC(=O)c1nc2ccccc2o1. The number of nitrogens with zero attached hydrogens (tertiary/aromatic N) is 2. The fourth-order valence-electron chi connectivity index (χ4n) is 3.33. The number of carbonyl (C=O) groups is 1. The Morgan fingerprint density at radius 2 is 2.04 bits per heavy atom. The van der Waals surface area contributed by atoms with Crippen molar-refractivity contribution < 1.29 is 13.6 Å². The molecule has 1 unspecified atom stereocenters. The summed E-state index contributed by atoms with van der Waals surface area (Å²) in [7, 11) is 0. The number of aromatic nitrogens is 1. The van der Waals surface area contributed by atoms with Gasteiger partial charge in [-0.15, -0.1) is 0 Å². The van der Waals surface area contributed by atoms with E-state index in [1.54, 1.807) is 30.3 Å². The number of hydrogen-bond donors (Lipinski definition) is 2. The van der Waals surface area contributed by atoms with Gasteiger partial charge in [-0.05, 0) is 43.5 Å². The van der Waals surface area contributed by atoms with E-state index in [2.05, 4.69) is 15.3 Å². The van der Waals surface area contributed by atoms with Gasteiger partial charge in [0.05, 0.1) is 11.7 Å². The van der Waals surface area contributed by atoms with Gasteiger partial charge in [0.1, 0.15) is 11.3 Å².